The molecule has 0 saturated heterocycles. The maximum absolute atomic E-state index is 13.4. The SMILES string of the molecule is COc1cc(OC)c(OC)cc1CN[C@@H](C)c1ccc(F)c(F)c1. The summed E-state index contributed by atoms with van der Waals surface area (Å²) in [6.07, 6.45) is 0. The van der Waals surface area contributed by atoms with E-state index in [2.05, 4.69) is 5.32 Å². The van der Waals surface area contributed by atoms with Crippen LogP contribution < -0.4 is 19.5 Å². The zero-order chi connectivity index (χ0) is 17.7. The number of hydrogen-bond donors (Lipinski definition) is 1. The molecular weight excluding hydrogens is 316 g/mol. The normalized spacial score (nSPS) is 11.9. The van der Waals surface area contributed by atoms with Crippen molar-refractivity contribution in [3.63, 3.8) is 0 Å². The molecule has 24 heavy (non-hydrogen) atoms. The van der Waals surface area contributed by atoms with E-state index in [0.717, 1.165) is 11.6 Å². The molecule has 0 radical (unpaired) electrons. The molecule has 0 aliphatic rings. The van der Waals surface area contributed by atoms with Crippen LogP contribution in [0.25, 0.3) is 0 Å². The third-order valence-corrected chi connectivity index (χ3v) is 3.83. The van der Waals surface area contributed by atoms with Gasteiger partial charge in [0, 0.05) is 24.2 Å². The van der Waals surface area contributed by atoms with E-state index in [0.29, 0.717) is 29.4 Å². The van der Waals surface area contributed by atoms with Gasteiger partial charge in [-0.05, 0) is 30.7 Å². The van der Waals surface area contributed by atoms with Crippen molar-refractivity contribution in [3.05, 3.63) is 53.1 Å². The van der Waals surface area contributed by atoms with E-state index in [1.165, 1.54) is 6.07 Å². The number of ether oxygens (including phenoxy) is 3. The van der Waals surface area contributed by atoms with Crippen molar-refractivity contribution in [2.24, 2.45) is 0 Å². The molecular formula is C18H21F2NO3. The smallest absolute Gasteiger partial charge is 0.164 e. The molecule has 0 amide bonds. The van der Waals surface area contributed by atoms with Gasteiger partial charge in [-0.3, -0.25) is 0 Å². The Labute approximate surface area is 140 Å². The third-order valence-electron chi connectivity index (χ3n) is 3.83. The molecule has 2 aromatic rings. The van der Waals surface area contributed by atoms with Crippen molar-refractivity contribution in [2.45, 2.75) is 19.5 Å². The highest BCUT2D eigenvalue weighted by atomic mass is 19.2. The van der Waals surface area contributed by atoms with Crippen LogP contribution in [0, 0.1) is 11.6 Å². The van der Waals surface area contributed by atoms with Gasteiger partial charge in [0.05, 0.1) is 21.3 Å². The summed E-state index contributed by atoms with van der Waals surface area (Å²) >= 11 is 0. The first-order valence-corrected chi connectivity index (χ1v) is 7.47. The van der Waals surface area contributed by atoms with Crippen LogP contribution in [-0.4, -0.2) is 21.3 Å². The van der Waals surface area contributed by atoms with Gasteiger partial charge in [-0.25, -0.2) is 8.78 Å². The van der Waals surface area contributed by atoms with Crippen molar-refractivity contribution < 1.29 is 23.0 Å². The van der Waals surface area contributed by atoms with Gasteiger partial charge in [-0.2, -0.15) is 0 Å². The standard InChI is InChI=1S/C18H21F2NO3/c1-11(12-5-6-14(19)15(20)7-12)21-10-13-8-17(23-3)18(24-4)9-16(13)22-2/h5-9,11,21H,10H2,1-4H3/t11-/m0/s1. The molecule has 0 unspecified atom stereocenters. The summed E-state index contributed by atoms with van der Waals surface area (Å²) in [4.78, 5) is 0. The number of methoxy groups -OCH3 is 3. The second-order valence-electron chi connectivity index (χ2n) is 5.30. The summed E-state index contributed by atoms with van der Waals surface area (Å²) in [5.41, 5.74) is 1.53. The maximum Gasteiger partial charge on any atom is 0.164 e. The molecule has 0 heterocycles. The van der Waals surface area contributed by atoms with Crippen LogP contribution in [0.2, 0.25) is 0 Å². The molecule has 0 aliphatic heterocycles. The van der Waals surface area contributed by atoms with Crippen LogP contribution in [0.3, 0.4) is 0 Å². The highest BCUT2D eigenvalue weighted by Gasteiger charge is 2.14. The summed E-state index contributed by atoms with van der Waals surface area (Å²) < 4.78 is 42.3. The minimum absolute atomic E-state index is 0.169. The molecule has 0 aliphatic carbocycles. The van der Waals surface area contributed by atoms with Crippen LogP contribution >= 0.6 is 0 Å². The third kappa shape index (κ3) is 3.94. The van der Waals surface area contributed by atoms with E-state index in [1.54, 1.807) is 33.5 Å². The van der Waals surface area contributed by atoms with Crippen molar-refractivity contribution >= 4 is 0 Å². The topological polar surface area (TPSA) is 39.7 Å². The number of rotatable bonds is 7. The molecule has 1 atom stereocenters. The fraction of sp³-hybridized carbons (Fsp3) is 0.333. The Hall–Kier alpha value is -2.34. The molecule has 0 aromatic heterocycles. The summed E-state index contributed by atoms with van der Waals surface area (Å²) in [6, 6.07) is 7.28. The molecule has 2 rings (SSSR count). The Morgan fingerprint density at radius 3 is 2.08 bits per heavy atom. The summed E-state index contributed by atoms with van der Waals surface area (Å²) in [7, 11) is 4.69. The Morgan fingerprint density at radius 2 is 1.50 bits per heavy atom. The fourth-order valence-corrected chi connectivity index (χ4v) is 2.39. The van der Waals surface area contributed by atoms with Crippen LogP contribution in [0.5, 0.6) is 17.2 Å². The lowest BCUT2D eigenvalue weighted by atomic mass is 10.1. The van der Waals surface area contributed by atoms with Crippen LogP contribution in [-0.2, 0) is 6.54 Å². The van der Waals surface area contributed by atoms with Gasteiger partial charge in [0.2, 0.25) is 0 Å². The fourth-order valence-electron chi connectivity index (χ4n) is 2.39. The second kappa shape index (κ2) is 7.97. The number of benzene rings is 2. The first-order chi connectivity index (χ1) is 11.5. The number of nitrogens with one attached hydrogen (secondary N) is 1. The van der Waals surface area contributed by atoms with E-state index >= 15 is 0 Å². The van der Waals surface area contributed by atoms with Gasteiger partial charge in [-0.15, -0.1) is 0 Å². The molecule has 1 N–H and O–H groups in total. The Kier molecular flexibility index (Phi) is 5.98. The number of halogens is 2. The van der Waals surface area contributed by atoms with Gasteiger partial charge in [0.1, 0.15) is 5.75 Å². The van der Waals surface area contributed by atoms with Crippen molar-refractivity contribution in [3.8, 4) is 17.2 Å². The van der Waals surface area contributed by atoms with E-state index in [1.807, 2.05) is 13.0 Å². The average Bonchev–Trinajstić information content (AvgIpc) is 2.60. The van der Waals surface area contributed by atoms with E-state index in [4.69, 9.17) is 14.2 Å². The van der Waals surface area contributed by atoms with Crippen LogP contribution in [0.15, 0.2) is 30.3 Å². The Balaban J connectivity index is 2.16. The molecule has 0 spiro atoms. The predicted octanol–water partition coefficient (Wildman–Crippen LogP) is 3.84. The molecule has 130 valence electrons. The van der Waals surface area contributed by atoms with Crippen molar-refractivity contribution in [1.82, 2.24) is 5.32 Å². The lowest BCUT2D eigenvalue weighted by Crippen LogP contribution is -2.19. The highest BCUT2D eigenvalue weighted by Crippen LogP contribution is 2.34. The quantitative estimate of drug-likeness (QED) is 0.833. The van der Waals surface area contributed by atoms with Gasteiger partial charge in [0.15, 0.2) is 23.1 Å². The van der Waals surface area contributed by atoms with Crippen molar-refractivity contribution in [1.29, 1.82) is 0 Å². The molecule has 6 heteroatoms. The maximum atomic E-state index is 13.4. The van der Waals surface area contributed by atoms with E-state index in [9.17, 15) is 8.78 Å². The molecule has 0 bridgehead atoms. The van der Waals surface area contributed by atoms with Crippen molar-refractivity contribution in [2.75, 3.05) is 21.3 Å². The van der Waals surface area contributed by atoms with Crippen LogP contribution in [0.4, 0.5) is 8.78 Å². The average molecular weight is 337 g/mol. The largest absolute Gasteiger partial charge is 0.496 e. The monoisotopic (exact) mass is 337 g/mol. The molecule has 4 nitrogen and oxygen atoms in total. The van der Waals surface area contributed by atoms with E-state index < -0.39 is 11.6 Å². The summed E-state index contributed by atoms with van der Waals surface area (Å²) in [5, 5.41) is 3.26. The lowest BCUT2D eigenvalue weighted by molar-refractivity contribution is 0.346. The molecule has 0 saturated carbocycles. The van der Waals surface area contributed by atoms with E-state index in [-0.39, 0.29) is 6.04 Å². The minimum Gasteiger partial charge on any atom is -0.496 e. The van der Waals surface area contributed by atoms with Gasteiger partial charge in [0.25, 0.3) is 0 Å². The summed E-state index contributed by atoms with van der Waals surface area (Å²) in [5.74, 6) is 0.109. The Bertz CT molecular complexity index is 707. The first kappa shape index (κ1) is 18.0. The predicted molar refractivity (Wildman–Crippen MR) is 87.7 cm³/mol. The van der Waals surface area contributed by atoms with Gasteiger partial charge in [-0.1, -0.05) is 6.07 Å². The van der Waals surface area contributed by atoms with Gasteiger partial charge >= 0.3 is 0 Å². The first-order valence-electron chi connectivity index (χ1n) is 7.47. The zero-order valence-corrected chi connectivity index (χ0v) is 14.2. The number of hydrogen-bond acceptors (Lipinski definition) is 4. The molecule has 0 fully saturated rings. The lowest BCUT2D eigenvalue weighted by Gasteiger charge is -2.18. The molecule has 2 aromatic carbocycles. The van der Waals surface area contributed by atoms with Gasteiger partial charge < -0.3 is 19.5 Å². The second-order valence-corrected chi connectivity index (χ2v) is 5.30. The highest BCUT2D eigenvalue weighted by molar-refractivity contribution is 5.50. The van der Waals surface area contributed by atoms with Crippen LogP contribution in [0.1, 0.15) is 24.1 Å². The summed E-state index contributed by atoms with van der Waals surface area (Å²) in [6.45, 7) is 2.34. The minimum atomic E-state index is -0.857. The Morgan fingerprint density at radius 1 is 0.875 bits per heavy atom. The zero-order valence-electron chi connectivity index (χ0n) is 14.2.